The quantitative estimate of drug-likeness (QED) is 0.682. The zero-order valence-electron chi connectivity index (χ0n) is 12.2. The van der Waals surface area contributed by atoms with Crippen molar-refractivity contribution in [2.45, 2.75) is 12.3 Å². The predicted octanol–water partition coefficient (Wildman–Crippen LogP) is 3.72. The van der Waals surface area contributed by atoms with Crippen molar-refractivity contribution in [3.63, 3.8) is 0 Å². The molecule has 2 heteroatoms. The van der Waals surface area contributed by atoms with Crippen LogP contribution >= 0.6 is 0 Å². The fraction of sp³-hybridized carbons (Fsp3) is 0.222. The first-order valence-electron chi connectivity index (χ1n) is 6.92. The molecule has 0 saturated carbocycles. The SMILES string of the molecule is Cn1ccc(C(C)(c2ccccc2)c2cccn2C)c1. The number of aromatic nitrogens is 2. The van der Waals surface area contributed by atoms with Gasteiger partial charge in [-0.05, 0) is 36.2 Å². The summed E-state index contributed by atoms with van der Waals surface area (Å²) >= 11 is 0. The minimum atomic E-state index is -0.138. The van der Waals surface area contributed by atoms with Gasteiger partial charge in [-0.2, -0.15) is 0 Å². The summed E-state index contributed by atoms with van der Waals surface area (Å²) in [7, 11) is 4.18. The minimum Gasteiger partial charge on any atom is -0.357 e. The summed E-state index contributed by atoms with van der Waals surface area (Å²) in [6, 6.07) is 17.2. The van der Waals surface area contributed by atoms with Crippen LogP contribution in [0.25, 0.3) is 0 Å². The summed E-state index contributed by atoms with van der Waals surface area (Å²) < 4.78 is 4.32. The average Bonchev–Trinajstić information content (AvgIpc) is 3.08. The van der Waals surface area contributed by atoms with Gasteiger partial charge in [0.15, 0.2) is 0 Å². The summed E-state index contributed by atoms with van der Waals surface area (Å²) in [6.45, 7) is 2.30. The molecule has 1 aromatic carbocycles. The molecule has 0 aliphatic rings. The highest BCUT2D eigenvalue weighted by molar-refractivity contribution is 5.46. The highest BCUT2D eigenvalue weighted by atomic mass is 14.9. The fourth-order valence-electron chi connectivity index (χ4n) is 3.01. The molecule has 0 saturated heterocycles. The lowest BCUT2D eigenvalue weighted by Gasteiger charge is -2.31. The zero-order valence-corrected chi connectivity index (χ0v) is 12.2. The van der Waals surface area contributed by atoms with E-state index >= 15 is 0 Å². The van der Waals surface area contributed by atoms with Gasteiger partial charge in [-0.15, -0.1) is 0 Å². The van der Waals surface area contributed by atoms with Gasteiger partial charge in [-0.1, -0.05) is 30.3 Å². The van der Waals surface area contributed by atoms with Gasteiger partial charge in [0.1, 0.15) is 0 Å². The van der Waals surface area contributed by atoms with Gasteiger partial charge in [-0.25, -0.2) is 0 Å². The topological polar surface area (TPSA) is 9.86 Å². The van der Waals surface area contributed by atoms with Gasteiger partial charge < -0.3 is 9.13 Å². The van der Waals surface area contributed by atoms with E-state index in [1.807, 2.05) is 0 Å². The maximum atomic E-state index is 2.30. The molecule has 102 valence electrons. The van der Waals surface area contributed by atoms with Gasteiger partial charge >= 0.3 is 0 Å². The Morgan fingerprint density at radius 2 is 1.55 bits per heavy atom. The van der Waals surface area contributed by atoms with Gasteiger partial charge in [0.25, 0.3) is 0 Å². The Morgan fingerprint density at radius 1 is 0.800 bits per heavy atom. The molecule has 3 rings (SSSR count). The largest absolute Gasteiger partial charge is 0.357 e. The Kier molecular flexibility index (Phi) is 3.01. The molecule has 0 aliphatic carbocycles. The van der Waals surface area contributed by atoms with Gasteiger partial charge in [0, 0.05) is 38.4 Å². The summed E-state index contributed by atoms with van der Waals surface area (Å²) in [5.41, 5.74) is 3.79. The summed E-state index contributed by atoms with van der Waals surface area (Å²) in [6.07, 6.45) is 6.43. The van der Waals surface area contributed by atoms with Gasteiger partial charge in [0.2, 0.25) is 0 Å². The van der Waals surface area contributed by atoms with Crippen molar-refractivity contribution in [2.75, 3.05) is 0 Å². The van der Waals surface area contributed by atoms with Crippen molar-refractivity contribution in [2.24, 2.45) is 14.1 Å². The smallest absolute Gasteiger partial charge is 0.0590 e. The van der Waals surface area contributed by atoms with Crippen LogP contribution in [0.5, 0.6) is 0 Å². The molecule has 1 unspecified atom stereocenters. The number of hydrogen-bond donors (Lipinski definition) is 0. The lowest BCUT2D eigenvalue weighted by atomic mass is 9.74. The lowest BCUT2D eigenvalue weighted by molar-refractivity contribution is 0.625. The molecule has 0 bridgehead atoms. The van der Waals surface area contributed by atoms with Gasteiger partial charge in [-0.3, -0.25) is 0 Å². The van der Waals surface area contributed by atoms with Crippen molar-refractivity contribution in [3.8, 4) is 0 Å². The average molecular weight is 264 g/mol. The van der Waals surface area contributed by atoms with Crippen LogP contribution in [0.4, 0.5) is 0 Å². The van der Waals surface area contributed by atoms with E-state index < -0.39 is 0 Å². The molecule has 3 aromatic rings. The normalized spacial score (nSPS) is 14.2. The third-order valence-corrected chi connectivity index (χ3v) is 4.22. The first-order valence-corrected chi connectivity index (χ1v) is 6.92. The molecule has 2 heterocycles. The Hall–Kier alpha value is -2.22. The maximum Gasteiger partial charge on any atom is 0.0590 e. The molecular weight excluding hydrogens is 244 g/mol. The van der Waals surface area contributed by atoms with Crippen molar-refractivity contribution >= 4 is 0 Å². The molecule has 2 nitrogen and oxygen atoms in total. The highest BCUT2D eigenvalue weighted by Crippen LogP contribution is 2.38. The van der Waals surface area contributed by atoms with E-state index in [9.17, 15) is 0 Å². The fourth-order valence-corrected chi connectivity index (χ4v) is 3.01. The standard InChI is InChI=1S/C18H20N2/c1-18(15-8-5-4-6-9-15,16-11-13-19(2)14-16)17-10-7-12-20(17)3/h4-14H,1-3H3. The first kappa shape index (κ1) is 12.8. The van der Waals surface area contributed by atoms with Crippen LogP contribution in [0.1, 0.15) is 23.7 Å². The zero-order chi connectivity index (χ0) is 14.2. The molecule has 0 aliphatic heterocycles. The van der Waals surface area contributed by atoms with E-state index in [-0.39, 0.29) is 5.41 Å². The van der Waals surface area contributed by atoms with E-state index in [1.54, 1.807) is 0 Å². The van der Waals surface area contributed by atoms with E-state index in [1.165, 1.54) is 16.8 Å². The van der Waals surface area contributed by atoms with Crippen molar-refractivity contribution in [3.05, 3.63) is 83.9 Å². The Balaban J connectivity index is 2.26. The molecule has 1 atom stereocenters. The number of benzene rings is 1. The number of nitrogens with zero attached hydrogens (tertiary/aromatic N) is 2. The monoisotopic (exact) mass is 264 g/mol. The summed E-state index contributed by atoms with van der Waals surface area (Å²) in [5.74, 6) is 0. The van der Waals surface area contributed by atoms with Crippen LogP contribution in [0.2, 0.25) is 0 Å². The van der Waals surface area contributed by atoms with E-state index in [0.29, 0.717) is 0 Å². The van der Waals surface area contributed by atoms with Crippen LogP contribution < -0.4 is 0 Å². The number of rotatable bonds is 3. The Bertz CT molecular complexity index is 706. The summed E-state index contributed by atoms with van der Waals surface area (Å²) in [5, 5.41) is 0. The molecule has 0 spiro atoms. The van der Waals surface area contributed by atoms with Crippen LogP contribution in [0.3, 0.4) is 0 Å². The van der Waals surface area contributed by atoms with Crippen molar-refractivity contribution in [1.82, 2.24) is 9.13 Å². The number of aryl methyl sites for hydroxylation is 2. The van der Waals surface area contributed by atoms with Crippen LogP contribution in [-0.4, -0.2) is 9.13 Å². The first-order chi connectivity index (χ1) is 9.62. The van der Waals surface area contributed by atoms with Crippen LogP contribution in [-0.2, 0) is 19.5 Å². The molecule has 2 aromatic heterocycles. The second kappa shape index (κ2) is 4.71. The summed E-state index contributed by atoms with van der Waals surface area (Å²) in [4.78, 5) is 0. The third kappa shape index (κ3) is 1.88. The Labute approximate surface area is 120 Å². The van der Waals surface area contributed by atoms with E-state index in [0.717, 1.165) is 0 Å². The number of hydrogen-bond acceptors (Lipinski definition) is 0. The van der Waals surface area contributed by atoms with E-state index in [2.05, 4.69) is 97.3 Å². The molecule has 0 amide bonds. The second-order valence-corrected chi connectivity index (χ2v) is 5.56. The highest BCUT2D eigenvalue weighted by Gasteiger charge is 2.33. The third-order valence-electron chi connectivity index (χ3n) is 4.22. The van der Waals surface area contributed by atoms with Crippen LogP contribution in [0, 0.1) is 0 Å². The molecule has 0 radical (unpaired) electrons. The van der Waals surface area contributed by atoms with Crippen molar-refractivity contribution in [1.29, 1.82) is 0 Å². The lowest BCUT2D eigenvalue weighted by Crippen LogP contribution is -2.27. The van der Waals surface area contributed by atoms with Crippen LogP contribution in [0.15, 0.2) is 67.1 Å². The predicted molar refractivity (Wildman–Crippen MR) is 82.8 cm³/mol. The van der Waals surface area contributed by atoms with E-state index in [4.69, 9.17) is 0 Å². The second-order valence-electron chi connectivity index (χ2n) is 5.56. The molecule has 0 N–H and O–H groups in total. The minimum absolute atomic E-state index is 0.138. The molecule has 20 heavy (non-hydrogen) atoms. The van der Waals surface area contributed by atoms with Gasteiger partial charge in [0.05, 0.1) is 5.41 Å². The maximum absolute atomic E-state index is 2.30. The molecule has 0 fully saturated rings. The molecular formula is C18H20N2. The van der Waals surface area contributed by atoms with Crippen molar-refractivity contribution < 1.29 is 0 Å². The Morgan fingerprint density at radius 3 is 2.10 bits per heavy atom.